The van der Waals surface area contributed by atoms with E-state index >= 15 is 0 Å². The summed E-state index contributed by atoms with van der Waals surface area (Å²) >= 11 is 0. The molecule has 1 amide bonds. The number of hydrogen-bond acceptors (Lipinski definition) is 5. The van der Waals surface area contributed by atoms with E-state index in [0.717, 1.165) is 32.0 Å². The number of anilines is 2. The first-order valence-electron chi connectivity index (χ1n) is 9.00. The monoisotopic (exact) mass is 406 g/mol. The summed E-state index contributed by atoms with van der Waals surface area (Å²) < 4.78 is 25.8. The minimum absolute atomic E-state index is 0.0463. The molecule has 1 aliphatic rings. The first kappa shape index (κ1) is 22.1. The molecule has 9 heteroatoms. The fourth-order valence-corrected chi connectivity index (χ4v) is 2.75. The molecule has 29 heavy (non-hydrogen) atoms. The van der Waals surface area contributed by atoms with E-state index < -0.39 is 17.6 Å². The number of carbonyl (C=O) groups excluding carboxylic acids is 1. The highest BCUT2D eigenvalue weighted by Crippen LogP contribution is 2.14. The number of carboxylic acids is 1. The second-order valence-corrected chi connectivity index (χ2v) is 6.83. The molecular formula is C20H24F2N4O3. The molecular weight excluding hydrogens is 382 g/mol. The van der Waals surface area contributed by atoms with E-state index in [1.165, 1.54) is 24.3 Å². The number of amides is 1. The van der Waals surface area contributed by atoms with Gasteiger partial charge in [0.05, 0.1) is 16.9 Å². The lowest BCUT2D eigenvalue weighted by Gasteiger charge is -2.29. The van der Waals surface area contributed by atoms with Gasteiger partial charge in [0.25, 0.3) is 5.91 Å². The van der Waals surface area contributed by atoms with Crippen molar-refractivity contribution in [3.63, 3.8) is 0 Å². The van der Waals surface area contributed by atoms with E-state index in [-0.39, 0.29) is 28.9 Å². The number of carbonyl (C=O) groups is 2. The molecule has 6 N–H and O–H groups in total. The van der Waals surface area contributed by atoms with E-state index in [9.17, 15) is 18.4 Å². The number of carboxylic acid groups (broad SMARTS) is 1. The molecule has 1 aliphatic heterocycles. The van der Waals surface area contributed by atoms with Crippen LogP contribution in [0.4, 0.5) is 20.2 Å². The highest BCUT2D eigenvalue weighted by molar-refractivity contribution is 5.94. The summed E-state index contributed by atoms with van der Waals surface area (Å²) in [5, 5.41) is 11.3. The molecule has 1 heterocycles. The summed E-state index contributed by atoms with van der Waals surface area (Å²) in [6, 6.07) is 7.67. The van der Waals surface area contributed by atoms with E-state index in [0.29, 0.717) is 5.56 Å². The normalized spacial score (nSPS) is 14.6. The third-order valence-corrected chi connectivity index (χ3v) is 4.56. The Bertz CT molecular complexity index is 884. The molecule has 0 aliphatic carbocycles. The lowest BCUT2D eigenvalue weighted by molar-refractivity contribution is 0.0696. The zero-order valence-electron chi connectivity index (χ0n) is 16.0. The van der Waals surface area contributed by atoms with Gasteiger partial charge in [-0.05, 0) is 69.4 Å². The maximum Gasteiger partial charge on any atom is 0.335 e. The topological polar surface area (TPSA) is 122 Å². The van der Waals surface area contributed by atoms with Gasteiger partial charge in [0.15, 0.2) is 0 Å². The van der Waals surface area contributed by atoms with Gasteiger partial charge in [-0.3, -0.25) is 4.79 Å². The van der Waals surface area contributed by atoms with E-state index in [2.05, 4.69) is 17.3 Å². The average Bonchev–Trinajstić information content (AvgIpc) is 2.68. The first-order chi connectivity index (χ1) is 13.7. The van der Waals surface area contributed by atoms with Crippen molar-refractivity contribution >= 4 is 23.3 Å². The van der Waals surface area contributed by atoms with Gasteiger partial charge < -0.3 is 26.8 Å². The number of likely N-dealkylation sites (tertiary alicyclic amines) is 1. The number of hydrogen-bond donors (Lipinski definition) is 4. The molecule has 1 saturated heterocycles. The summed E-state index contributed by atoms with van der Waals surface area (Å²) in [4.78, 5) is 24.4. The predicted octanol–water partition coefficient (Wildman–Crippen LogP) is 2.34. The molecule has 156 valence electrons. The third kappa shape index (κ3) is 6.42. The third-order valence-electron chi connectivity index (χ3n) is 4.56. The second-order valence-electron chi connectivity index (χ2n) is 6.83. The number of halogens is 2. The van der Waals surface area contributed by atoms with Crippen molar-refractivity contribution in [2.75, 3.05) is 31.6 Å². The van der Waals surface area contributed by atoms with Gasteiger partial charge in [-0.15, -0.1) is 0 Å². The van der Waals surface area contributed by atoms with Gasteiger partial charge in [0.2, 0.25) is 0 Å². The van der Waals surface area contributed by atoms with E-state index in [1.54, 1.807) is 6.07 Å². The Labute approximate surface area is 167 Å². The number of nitrogens with two attached hydrogens (primary N) is 2. The average molecular weight is 406 g/mol. The van der Waals surface area contributed by atoms with E-state index in [4.69, 9.17) is 16.6 Å². The van der Waals surface area contributed by atoms with Gasteiger partial charge in [-0.2, -0.15) is 0 Å². The maximum atomic E-state index is 13.3. The van der Waals surface area contributed by atoms with Crippen LogP contribution in [0.3, 0.4) is 0 Å². The number of benzene rings is 2. The number of nitrogen functional groups attached to an aromatic ring is 2. The molecule has 0 bridgehead atoms. The van der Waals surface area contributed by atoms with Gasteiger partial charge >= 0.3 is 5.97 Å². The summed E-state index contributed by atoms with van der Waals surface area (Å²) in [6.45, 7) is 1.95. The van der Waals surface area contributed by atoms with Gasteiger partial charge in [0, 0.05) is 11.6 Å². The molecule has 0 spiro atoms. The summed E-state index contributed by atoms with van der Waals surface area (Å²) in [5.41, 5.74) is 10.7. The number of nitrogens with one attached hydrogen (secondary N) is 1. The largest absolute Gasteiger partial charge is 0.478 e. The van der Waals surface area contributed by atoms with Crippen molar-refractivity contribution in [2.24, 2.45) is 0 Å². The van der Waals surface area contributed by atoms with Crippen molar-refractivity contribution < 1.29 is 23.5 Å². The number of nitrogens with zero attached hydrogens (tertiary/aromatic N) is 1. The molecule has 0 unspecified atom stereocenters. The minimum Gasteiger partial charge on any atom is -0.478 e. The van der Waals surface area contributed by atoms with Crippen LogP contribution in [0.15, 0.2) is 36.4 Å². The van der Waals surface area contributed by atoms with Crippen molar-refractivity contribution in [3.05, 3.63) is 59.2 Å². The van der Waals surface area contributed by atoms with Crippen LogP contribution in [0.1, 0.15) is 33.6 Å². The zero-order valence-corrected chi connectivity index (χ0v) is 16.0. The number of aromatic carboxylic acids is 1. The predicted molar refractivity (Wildman–Crippen MR) is 107 cm³/mol. The van der Waals surface area contributed by atoms with Crippen LogP contribution >= 0.6 is 0 Å². The number of rotatable bonds is 3. The molecule has 7 nitrogen and oxygen atoms in total. The van der Waals surface area contributed by atoms with Crippen LogP contribution in [0, 0.1) is 11.6 Å². The van der Waals surface area contributed by atoms with Crippen molar-refractivity contribution in [1.29, 1.82) is 0 Å². The number of piperidine rings is 1. The lowest BCUT2D eigenvalue weighted by Crippen LogP contribution is -2.43. The Morgan fingerprint density at radius 3 is 1.97 bits per heavy atom. The van der Waals surface area contributed by atoms with Crippen molar-refractivity contribution in [3.8, 4) is 0 Å². The molecule has 2 aromatic carbocycles. The highest BCUT2D eigenvalue weighted by atomic mass is 19.1. The van der Waals surface area contributed by atoms with Crippen molar-refractivity contribution in [1.82, 2.24) is 10.2 Å². The van der Waals surface area contributed by atoms with Crippen LogP contribution in [0.5, 0.6) is 0 Å². The van der Waals surface area contributed by atoms with E-state index in [1.807, 2.05) is 0 Å². The molecule has 0 radical (unpaired) electrons. The zero-order chi connectivity index (χ0) is 21.6. The second kappa shape index (κ2) is 9.83. The summed E-state index contributed by atoms with van der Waals surface area (Å²) in [6.07, 6.45) is 1.86. The quantitative estimate of drug-likeness (QED) is 0.581. The first-order valence-corrected chi connectivity index (χ1v) is 9.00. The smallest absolute Gasteiger partial charge is 0.335 e. The molecule has 3 rings (SSSR count). The molecule has 0 saturated carbocycles. The summed E-state index contributed by atoms with van der Waals surface area (Å²) in [7, 11) is 2.06. The standard InChI is InChI=1S/C13H18FN3O.C7H6FNO2/c1-17-6-4-10(5-7-17)16-13(18)9-2-3-12(15)11(14)8-9;8-5-3-4(7(10)11)1-2-6(5)9/h2-3,8,10H,4-7,15H2,1H3,(H,16,18);1-3H,9H2,(H,10,11). The lowest BCUT2D eigenvalue weighted by atomic mass is 10.0. The van der Waals surface area contributed by atoms with Crippen LogP contribution in [-0.4, -0.2) is 48.1 Å². The van der Waals surface area contributed by atoms with Gasteiger partial charge in [-0.25, -0.2) is 13.6 Å². The Hall–Kier alpha value is -3.20. The van der Waals surface area contributed by atoms with Crippen LogP contribution < -0.4 is 16.8 Å². The summed E-state index contributed by atoms with van der Waals surface area (Å²) in [5.74, 6) is -2.65. The Morgan fingerprint density at radius 2 is 1.48 bits per heavy atom. The highest BCUT2D eigenvalue weighted by Gasteiger charge is 2.19. The van der Waals surface area contributed by atoms with Crippen molar-refractivity contribution in [2.45, 2.75) is 18.9 Å². The minimum atomic E-state index is -1.16. The Morgan fingerprint density at radius 1 is 1.00 bits per heavy atom. The Balaban J connectivity index is 0.000000234. The molecule has 1 fully saturated rings. The SMILES string of the molecule is CN1CCC(NC(=O)c2ccc(N)c(F)c2)CC1.Nc1ccc(C(=O)O)cc1F. The Kier molecular flexibility index (Phi) is 7.49. The van der Waals surface area contributed by atoms with Crippen LogP contribution in [-0.2, 0) is 0 Å². The fraction of sp³-hybridized carbons (Fsp3) is 0.300. The molecule has 2 aromatic rings. The fourth-order valence-electron chi connectivity index (χ4n) is 2.75. The van der Waals surface area contributed by atoms with Gasteiger partial charge in [0.1, 0.15) is 11.6 Å². The maximum absolute atomic E-state index is 13.3. The molecule has 0 atom stereocenters. The van der Waals surface area contributed by atoms with Gasteiger partial charge in [-0.1, -0.05) is 0 Å². The van der Waals surface area contributed by atoms with Crippen LogP contribution in [0.2, 0.25) is 0 Å². The van der Waals surface area contributed by atoms with Crippen LogP contribution in [0.25, 0.3) is 0 Å². The molecule has 0 aromatic heterocycles.